The fourth-order valence-electron chi connectivity index (χ4n) is 3.24. The monoisotopic (exact) mass is 354 g/mol. The highest BCUT2D eigenvalue weighted by Crippen LogP contribution is 2.09. The number of piperazine rings is 1. The zero-order valence-electron chi connectivity index (χ0n) is 15.5. The zero-order valence-corrected chi connectivity index (χ0v) is 15.5. The lowest BCUT2D eigenvalue weighted by Crippen LogP contribution is -2.49. The average Bonchev–Trinajstić information content (AvgIpc) is 2.64. The standard InChI is InChI=1S/C20H26N4O2/c1-16(2)14-22-10-12-23(13-11-22)20(26)18-8-9-19(25)24(21-18)15-17-6-4-3-5-7-17/h3-9,16H,10-15H2,1-2H3. The van der Waals surface area contributed by atoms with Crippen molar-refractivity contribution in [3.63, 3.8) is 0 Å². The number of carbonyl (C=O) groups is 1. The minimum Gasteiger partial charge on any atom is -0.335 e. The molecule has 1 amide bonds. The smallest absolute Gasteiger partial charge is 0.274 e. The number of hydrogen-bond donors (Lipinski definition) is 0. The van der Waals surface area contributed by atoms with Crippen molar-refractivity contribution in [3.8, 4) is 0 Å². The van der Waals surface area contributed by atoms with E-state index in [4.69, 9.17) is 0 Å². The molecule has 6 heteroatoms. The van der Waals surface area contributed by atoms with Crippen LogP contribution in [0.2, 0.25) is 0 Å². The minimum atomic E-state index is -0.202. The van der Waals surface area contributed by atoms with E-state index in [0.717, 1.165) is 25.2 Å². The summed E-state index contributed by atoms with van der Waals surface area (Å²) in [7, 11) is 0. The van der Waals surface area contributed by atoms with Crippen molar-refractivity contribution in [1.82, 2.24) is 19.6 Å². The third-order valence-corrected chi connectivity index (χ3v) is 4.54. The van der Waals surface area contributed by atoms with E-state index in [1.165, 1.54) is 16.8 Å². The molecule has 2 heterocycles. The molecule has 0 bridgehead atoms. The van der Waals surface area contributed by atoms with Crippen molar-refractivity contribution in [1.29, 1.82) is 0 Å². The fourth-order valence-corrected chi connectivity index (χ4v) is 3.24. The summed E-state index contributed by atoms with van der Waals surface area (Å²) in [5, 5.41) is 4.31. The van der Waals surface area contributed by atoms with Crippen LogP contribution in [0.1, 0.15) is 29.9 Å². The lowest BCUT2D eigenvalue weighted by molar-refractivity contribution is 0.0615. The first-order valence-electron chi connectivity index (χ1n) is 9.16. The summed E-state index contributed by atoms with van der Waals surface area (Å²) < 4.78 is 1.36. The maximum Gasteiger partial charge on any atom is 0.274 e. The van der Waals surface area contributed by atoms with Crippen molar-refractivity contribution < 1.29 is 4.79 Å². The maximum absolute atomic E-state index is 12.8. The van der Waals surface area contributed by atoms with Gasteiger partial charge in [0.15, 0.2) is 0 Å². The second-order valence-corrected chi connectivity index (χ2v) is 7.19. The Labute approximate surface area is 154 Å². The molecule has 1 fully saturated rings. The van der Waals surface area contributed by atoms with E-state index in [1.807, 2.05) is 35.2 Å². The minimum absolute atomic E-state index is 0.101. The second kappa shape index (κ2) is 8.27. The number of aromatic nitrogens is 2. The van der Waals surface area contributed by atoms with E-state index in [2.05, 4.69) is 23.8 Å². The molecule has 3 rings (SSSR count). The van der Waals surface area contributed by atoms with Crippen LogP contribution in [-0.4, -0.2) is 58.2 Å². The molecule has 0 N–H and O–H groups in total. The van der Waals surface area contributed by atoms with Gasteiger partial charge in [0.1, 0.15) is 5.69 Å². The predicted molar refractivity (Wildman–Crippen MR) is 101 cm³/mol. The molecule has 1 aromatic carbocycles. The Bertz CT molecular complexity index is 793. The number of carbonyl (C=O) groups excluding carboxylic acids is 1. The van der Waals surface area contributed by atoms with Gasteiger partial charge in [-0.05, 0) is 17.5 Å². The summed E-state index contributed by atoms with van der Waals surface area (Å²) in [6.45, 7) is 9.00. The predicted octanol–water partition coefficient (Wildman–Crippen LogP) is 1.71. The second-order valence-electron chi connectivity index (χ2n) is 7.19. The Morgan fingerprint density at radius 3 is 2.38 bits per heavy atom. The quantitative estimate of drug-likeness (QED) is 0.820. The van der Waals surface area contributed by atoms with Gasteiger partial charge >= 0.3 is 0 Å². The zero-order chi connectivity index (χ0) is 18.5. The number of rotatable bonds is 5. The van der Waals surface area contributed by atoms with Gasteiger partial charge in [-0.15, -0.1) is 0 Å². The van der Waals surface area contributed by atoms with Crippen LogP contribution in [0.5, 0.6) is 0 Å². The highest BCUT2D eigenvalue weighted by atomic mass is 16.2. The Morgan fingerprint density at radius 2 is 1.73 bits per heavy atom. The summed E-state index contributed by atoms with van der Waals surface area (Å²) >= 11 is 0. The van der Waals surface area contributed by atoms with Crippen LogP contribution in [0.3, 0.4) is 0 Å². The molecular weight excluding hydrogens is 328 g/mol. The van der Waals surface area contributed by atoms with E-state index >= 15 is 0 Å². The van der Waals surface area contributed by atoms with E-state index < -0.39 is 0 Å². The number of benzene rings is 1. The van der Waals surface area contributed by atoms with E-state index in [-0.39, 0.29) is 11.5 Å². The van der Waals surface area contributed by atoms with Gasteiger partial charge in [-0.1, -0.05) is 44.2 Å². The van der Waals surface area contributed by atoms with E-state index in [9.17, 15) is 9.59 Å². The number of hydrogen-bond acceptors (Lipinski definition) is 4. The molecule has 1 aliphatic heterocycles. The van der Waals surface area contributed by atoms with Crippen LogP contribution in [-0.2, 0) is 6.54 Å². The SMILES string of the molecule is CC(C)CN1CCN(C(=O)c2ccc(=O)n(Cc3ccccc3)n2)CC1. The van der Waals surface area contributed by atoms with Crippen LogP contribution in [0, 0.1) is 5.92 Å². The summed E-state index contributed by atoms with van der Waals surface area (Å²) in [5.41, 5.74) is 1.11. The van der Waals surface area contributed by atoms with Crippen LogP contribution < -0.4 is 5.56 Å². The van der Waals surface area contributed by atoms with Crippen molar-refractivity contribution in [3.05, 3.63) is 64.1 Å². The highest BCUT2D eigenvalue weighted by molar-refractivity contribution is 5.92. The van der Waals surface area contributed by atoms with E-state index in [1.54, 1.807) is 0 Å². The van der Waals surface area contributed by atoms with Crippen molar-refractivity contribution in [2.24, 2.45) is 5.92 Å². The molecule has 6 nitrogen and oxygen atoms in total. The van der Waals surface area contributed by atoms with Crippen LogP contribution >= 0.6 is 0 Å². The Morgan fingerprint density at radius 1 is 1.04 bits per heavy atom. The fraction of sp³-hybridized carbons (Fsp3) is 0.450. The first-order chi connectivity index (χ1) is 12.5. The topological polar surface area (TPSA) is 58.4 Å². The van der Waals surface area contributed by atoms with Gasteiger partial charge in [0.2, 0.25) is 0 Å². The number of amides is 1. The largest absolute Gasteiger partial charge is 0.335 e. The lowest BCUT2D eigenvalue weighted by atomic mass is 10.2. The molecule has 0 radical (unpaired) electrons. The highest BCUT2D eigenvalue weighted by Gasteiger charge is 2.23. The third kappa shape index (κ3) is 4.58. The molecule has 138 valence electrons. The van der Waals surface area contributed by atoms with Crippen molar-refractivity contribution in [2.45, 2.75) is 20.4 Å². The molecule has 1 aromatic heterocycles. The Balaban J connectivity index is 1.68. The number of nitrogens with zero attached hydrogens (tertiary/aromatic N) is 4. The molecule has 26 heavy (non-hydrogen) atoms. The van der Waals surface area contributed by atoms with Gasteiger partial charge in [0, 0.05) is 38.8 Å². The van der Waals surface area contributed by atoms with Gasteiger partial charge in [-0.25, -0.2) is 4.68 Å². The van der Waals surface area contributed by atoms with Gasteiger partial charge in [-0.3, -0.25) is 14.5 Å². The van der Waals surface area contributed by atoms with Crippen molar-refractivity contribution in [2.75, 3.05) is 32.7 Å². The van der Waals surface area contributed by atoms with Crippen LogP contribution in [0.25, 0.3) is 0 Å². The normalized spacial score (nSPS) is 15.4. The lowest BCUT2D eigenvalue weighted by Gasteiger charge is -2.35. The Hall–Kier alpha value is -2.47. The summed E-state index contributed by atoms with van der Waals surface area (Å²) in [6.07, 6.45) is 0. The third-order valence-electron chi connectivity index (χ3n) is 4.54. The summed E-state index contributed by atoms with van der Waals surface area (Å²) in [5.74, 6) is 0.525. The van der Waals surface area contributed by atoms with Crippen LogP contribution in [0.15, 0.2) is 47.3 Å². The molecule has 0 unspecified atom stereocenters. The molecule has 0 spiro atoms. The first-order valence-corrected chi connectivity index (χ1v) is 9.16. The molecule has 1 aliphatic rings. The van der Waals surface area contributed by atoms with E-state index in [0.29, 0.717) is 31.2 Å². The van der Waals surface area contributed by atoms with Crippen molar-refractivity contribution >= 4 is 5.91 Å². The molecule has 0 saturated carbocycles. The molecule has 0 aliphatic carbocycles. The average molecular weight is 354 g/mol. The summed E-state index contributed by atoms with van der Waals surface area (Å²) in [4.78, 5) is 29.1. The summed E-state index contributed by atoms with van der Waals surface area (Å²) in [6, 6.07) is 12.6. The van der Waals surface area contributed by atoms with Gasteiger partial charge in [0.05, 0.1) is 6.54 Å². The Kier molecular flexibility index (Phi) is 5.83. The molecule has 0 atom stereocenters. The molecule has 1 saturated heterocycles. The van der Waals surface area contributed by atoms with Gasteiger partial charge in [-0.2, -0.15) is 5.10 Å². The van der Waals surface area contributed by atoms with Gasteiger partial charge in [0.25, 0.3) is 11.5 Å². The first kappa shape index (κ1) is 18.3. The van der Waals surface area contributed by atoms with Gasteiger partial charge < -0.3 is 4.90 Å². The molecular formula is C20H26N4O2. The molecule has 2 aromatic rings. The maximum atomic E-state index is 12.8. The van der Waals surface area contributed by atoms with Crippen LogP contribution in [0.4, 0.5) is 0 Å².